The molecule has 0 amide bonds. The first-order chi connectivity index (χ1) is 23.8. The molecule has 0 aromatic rings. The van der Waals surface area contributed by atoms with Crippen LogP contribution in [0.15, 0.2) is 0 Å². The van der Waals surface area contributed by atoms with E-state index in [4.69, 9.17) is 24.1 Å². The second-order valence-electron chi connectivity index (χ2n) is 13.1. The van der Waals surface area contributed by atoms with Crippen LogP contribution in [0.1, 0.15) is 64.2 Å². The Labute approximate surface area is 291 Å². The van der Waals surface area contributed by atoms with Crippen LogP contribution in [0.3, 0.4) is 0 Å². The van der Waals surface area contributed by atoms with E-state index in [1.54, 1.807) is 0 Å². The molecular weight excluding hydrogens is 614 g/mol. The molecule has 13 nitrogen and oxygen atoms in total. The van der Waals surface area contributed by atoms with E-state index in [9.17, 15) is 4.79 Å². The van der Waals surface area contributed by atoms with Gasteiger partial charge in [0, 0.05) is 72.0 Å². The third-order valence-electron chi connectivity index (χ3n) is 9.14. The summed E-state index contributed by atoms with van der Waals surface area (Å²) >= 11 is 0. The maximum atomic E-state index is 10.3. The Morgan fingerprint density at radius 1 is 0.479 bits per heavy atom. The van der Waals surface area contributed by atoms with Crippen LogP contribution in [0.2, 0.25) is 0 Å². The number of rotatable bonds is 5. The summed E-state index contributed by atoms with van der Waals surface area (Å²) in [4.78, 5) is 10.3. The Kier molecular flexibility index (Phi) is 29.9. The summed E-state index contributed by atoms with van der Waals surface area (Å²) in [5, 5.41) is 30.7. The zero-order chi connectivity index (χ0) is 34.0. The molecule has 1 saturated carbocycles. The molecule has 0 spiro atoms. The molecule has 0 bridgehead atoms. The lowest BCUT2D eigenvalue weighted by molar-refractivity contribution is -0.139. The normalized spacial score (nSPS) is 25.2. The van der Waals surface area contributed by atoms with Crippen LogP contribution in [0.5, 0.6) is 0 Å². The van der Waals surface area contributed by atoms with E-state index in [1.807, 2.05) is 0 Å². The molecule has 4 heterocycles. The van der Waals surface area contributed by atoms with E-state index in [-0.39, 0.29) is 0 Å². The monoisotopic (exact) mass is 688 g/mol. The van der Waals surface area contributed by atoms with E-state index in [2.05, 4.69) is 37.2 Å². The third-order valence-corrected chi connectivity index (χ3v) is 9.14. The smallest absolute Gasteiger partial charge is 0.322 e. The molecule has 0 radical (unpaired) electrons. The minimum Gasteiger partial charge on any atom is -0.480 e. The molecule has 5 rings (SSSR count). The van der Waals surface area contributed by atoms with Crippen molar-refractivity contribution in [3.63, 3.8) is 0 Å². The number of carboxylic acids is 1. The highest BCUT2D eigenvalue weighted by molar-refractivity contribution is 5.73. The quantitative estimate of drug-likeness (QED) is 0.205. The van der Waals surface area contributed by atoms with Gasteiger partial charge in [0.15, 0.2) is 0 Å². The Balaban J connectivity index is 0.000000238. The first kappa shape index (κ1) is 43.2. The van der Waals surface area contributed by atoms with Gasteiger partial charge >= 0.3 is 5.97 Å². The molecule has 4 aliphatic heterocycles. The number of ether oxygens (including phenoxy) is 4. The van der Waals surface area contributed by atoms with Gasteiger partial charge < -0.3 is 61.3 Å². The van der Waals surface area contributed by atoms with Crippen molar-refractivity contribution in [2.24, 2.45) is 11.8 Å². The first-order valence-electron chi connectivity index (χ1n) is 19.3. The number of hydrogen-bond acceptors (Lipinski definition) is 12. The molecule has 4 saturated heterocycles. The van der Waals surface area contributed by atoms with Gasteiger partial charge in [-0.05, 0) is 37.8 Å². The maximum Gasteiger partial charge on any atom is 0.322 e. The van der Waals surface area contributed by atoms with Crippen LogP contribution in [0.4, 0.5) is 0 Å². The van der Waals surface area contributed by atoms with Gasteiger partial charge in [0.1, 0.15) is 6.04 Å². The fraction of sp³-hybridized carbons (Fsp3) is 0.971. The number of carbonyl (C=O) groups is 1. The van der Waals surface area contributed by atoms with Gasteiger partial charge in [0.25, 0.3) is 0 Å². The molecule has 1 atom stereocenters. The molecule has 48 heavy (non-hydrogen) atoms. The molecule has 284 valence electrons. The second kappa shape index (κ2) is 33.2. The molecular formula is C35H73N7O6. The van der Waals surface area contributed by atoms with Crippen molar-refractivity contribution in [1.29, 1.82) is 0 Å². The number of carboxylic acid groups (broad SMARTS) is 1. The fourth-order valence-corrected chi connectivity index (χ4v) is 6.24. The van der Waals surface area contributed by atoms with E-state index in [1.165, 1.54) is 77.3 Å². The fourth-order valence-electron chi connectivity index (χ4n) is 6.24. The standard InChI is InChI=1S/C14H27N.C12H26N2O4.C5H10N2O2.C4H10N2/c1-2-5-13(6-3-1)7-4-8-14-9-11-15-12-10-14;1-5-15-9-10-17-7-3-14-4-8-18-12-11-16-6-2-13-1;8-5(9)4-3-6-1-2-7-4;1-2-6-4-3-5-1/h13-15H,1-12H2;13-14H,1-12H2;4,6-7H,1-3H2,(H,8,9);5-6H,1-4H2. The minimum absolute atomic E-state index is 0.390. The van der Waals surface area contributed by atoms with Gasteiger partial charge in [-0.25, -0.2) is 0 Å². The van der Waals surface area contributed by atoms with Crippen molar-refractivity contribution >= 4 is 5.97 Å². The van der Waals surface area contributed by atoms with Gasteiger partial charge in [-0.1, -0.05) is 51.4 Å². The average Bonchev–Trinajstić information content (AvgIpc) is 3.14. The lowest BCUT2D eigenvalue weighted by Crippen LogP contribution is -2.52. The molecule has 13 heteroatoms. The van der Waals surface area contributed by atoms with Crippen molar-refractivity contribution in [3.8, 4) is 0 Å². The van der Waals surface area contributed by atoms with Crippen molar-refractivity contribution in [1.82, 2.24) is 37.2 Å². The zero-order valence-corrected chi connectivity index (χ0v) is 30.1. The van der Waals surface area contributed by atoms with Crippen LogP contribution < -0.4 is 37.2 Å². The summed E-state index contributed by atoms with van der Waals surface area (Å²) in [6.45, 7) is 18.1. The molecule has 0 aromatic heterocycles. The number of aliphatic carboxylic acids is 1. The van der Waals surface area contributed by atoms with Gasteiger partial charge in [-0.15, -0.1) is 0 Å². The van der Waals surface area contributed by atoms with Gasteiger partial charge in [0.05, 0.1) is 52.9 Å². The largest absolute Gasteiger partial charge is 0.480 e. The maximum absolute atomic E-state index is 10.3. The Hall–Kier alpha value is -0.970. The summed E-state index contributed by atoms with van der Waals surface area (Å²) in [6, 6.07) is -0.390. The molecule has 1 unspecified atom stereocenters. The van der Waals surface area contributed by atoms with Crippen LogP contribution in [-0.2, 0) is 23.7 Å². The predicted octanol–water partition coefficient (Wildman–Crippen LogP) is 0.794. The van der Waals surface area contributed by atoms with E-state index in [0.717, 1.165) is 77.3 Å². The molecule has 0 aromatic carbocycles. The topological polar surface area (TPSA) is 158 Å². The van der Waals surface area contributed by atoms with Crippen molar-refractivity contribution in [2.75, 3.05) is 138 Å². The van der Waals surface area contributed by atoms with E-state index >= 15 is 0 Å². The summed E-state index contributed by atoms with van der Waals surface area (Å²) in [5.74, 6) is 1.37. The molecule has 5 aliphatic rings. The highest BCUT2D eigenvalue weighted by atomic mass is 16.5. The minimum atomic E-state index is -0.776. The van der Waals surface area contributed by atoms with Gasteiger partial charge in [-0.2, -0.15) is 0 Å². The molecule has 5 fully saturated rings. The summed E-state index contributed by atoms with van der Waals surface area (Å²) in [5.41, 5.74) is 0. The third kappa shape index (κ3) is 26.8. The van der Waals surface area contributed by atoms with Crippen molar-refractivity contribution in [2.45, 2.75) is 70.3 Å². The van der Waals surface area contributed by atoms with Gasteiger partial charge in [-0.3, -0.25) is 4.79 Å². The van der Waals surface area contributed by atoms with Crippen LogP contribution in [0, 0.1) is 11.8 Å². The number of piperidine rings is 1. The summed E-state index contributed by atoms with van der Waals surface area (Å²) in [6.07, 6.45) is 15.0. The Morgan fingerprint density at radius 2 is 0.896 bits per heavy atom. The lowest BCUT2D eigenvalue weighted by Gasteiger charge is -2.25. The van der Waals surface area contributed by atoms with Crippen molar-refractivity contribution in [3.05, 3.63) is 0 Å². The predicted molar refractivity (Wildman–Crippen MR) is 193 cm³/mol. The average molecular weight is 688 g/mol. The second-order valence-corrected chi connectivity index (χ2v) is 13.1. The number of hydrogen-bond donors (Lipinski definition) is 8. The first-order valence-corrected chi connectivity index (χ1v) is 19.3. The summed E-state index contributed by atoms with van der Waals surface area (Å²) in [7, 11) is 0. The lowest BCUT2D eigenvalue weighted by atomic mass is 9.84. The van der Waals surface area contributed by atoms with Crippen molar-refractivity contribution < 1.29 is 28.8 Å². The number of piperazine rings is 2. The highest BCUT2D eigenvalue weighted by Gasteiger charge is 2.18. The Morgan fingerprint density at radius 3 is 1.29 bits per heavy atom. The summed E-state index contributed by atoms with van der Waals surface area (Å²) < 4.78 is 21.6. The van der Waals surface area contributed by atoms with Crippen LogP contribution in [0.25, 0.3) is 0 Å². The van der Waals surface area contributed by atoms with Crippen LogP contribution in [-0.4, -0.2) is 155 Å². The van der Waals surface area contributed by atoms with Gasteiger partial charge in [0.2, 0.25) is 0 Å². The SMILES string of the molecule is C1CCC(CCCC2CCNCC2)CC1.C1CNCCN1.C1COCCOCCNCCOCCOCCN1.O=C(O)C1CNCCN1. The molecule has 8 N–H and O–H groups in total. The van der Waals surface area contributed by atoms with E-state index in [0.29, 0.717) is 59.4 Å². The zero-order valence-electron chi connectivity index (χ0n) is 30.1. The molecule has 1 aliphatic carbocycles. The van der Waals surface area contributed by atoms with Crippen LogP contribution >= 0.6 is 0 Å². The Bertz CT molecular complexity index is 588. The van der Waals surface area contributed by atoms with E-state index < -0.39 is 12.0 Å². The number of nitrogens with one attached hydrogen (secondary N) is 7. The highest BCUT2D eigenvalue weighted by Crippen LogP contribution is 2.29.